The number of guanidine groups is 1. The van der Waals surface area contributed by atoms with E-state index in [0.29, 0.717) is 5.96 Å². The molecule has 0 radical (unpaired) electrons. The minimum absolute atomic E-state index is 0.715. The van der Waals surface area contributed by atoms with Crippen LogP contribution < -0.4 is 5.73 Å². The average molecular weight is 184 g/mol. The Balaban J connectivity index is 2.21. The lowest BCUT2D eigenvalue weighted by Crippen LogP contribution is -2.40. The van der Waals surface area contributed by atoms with E-state index < -0.39 is 0 Å². The zero-order valence-corrected chi connectivity index (χ0v) is 8.66. The van der Waals surface area contributed by atoms with E-state index in [-0.39, 0.29) is 0 Å². The van der Waals surface area contributed by atoms with E-state index in [9.17, 15) is 0 Å². The second-order valence-corrected chi connectivity index (χ2v) is 3.25. The van der Waals surface area contributed by atoms with E-state index in [1.54, 1.807) is 0 Å². The third-order valence-corrected chi connectivity index (χ3v) is 2.55. The molecule has 76 valence electrons. The molecule has 0 fully saturated rings. The first kappa shape index (κ1) is 10.3. The molecule has 0 unspecified atom stereocenters. The molecule has 0 bridgehead atoms. The van der Waals surface area contributed by atoms with Gasteiger partial charge in [-0.1, -0.05) is 13.8 Å². The maximum atomic E-state index is 5.71. The average Bonchev–Trinajstić information content (AvgIpc) is 2.54. The summed E-state index contributed by atoms with van der Waals surface area (Å²) in [5.41, 5.74) is 5.71. The highest BCUT2D eigenvalue weighted by molar-refractivity contribution is 5.79. The summed E-state index contributed by atoms with van der Waals surface area (Å²) in [7, 11) is 0. The number of hydrogen-bond acceptors (Lipinski definition) is 4. The molecule has 0 saturated carbocycles. The molecular formula is C9H20N4. The first-order valence-corrected chi connectivity index (χ1v) is 5.05. The van der Waals surface area contributed by atoms with Crippen molar-refractivity contribution < 1.29 is 0 Å². The molecule has 2 N–H and O–H groups in total. The van der Waals surface area contributed by atoms with Crippen molar-refractivity contribution in [3.05, 3.63) is 0 Å². The third kappa shape index (κ3) is 2.88. The Morgan fingerprint density at radius 3 is 2.62 bits per heavy atom. The summed E-state index contributed by atoms with van der Waals surface area (Å²) in [6.07, 6.45) is 0. The molecule has 0 aromatic carbocycles. The first-order valence-electron chi connectivity index (χ1n) is 5.05. The minimum Gasteiger partial charge on any atom is -0.370 e. The molecule has 4 nitrogen and oxygen atoms in total. The van der Waals surface area contributed by atoms with E-state index >= 15 is 0 Å². The van der Waals surface area contributed by atoms with Gasteiger partial charge in [0.15, 0.2) is 5.96 Å². The molecule has 0 aliphatic carbocycles. The van der Waals surface area contributed by atoms with Crippen molar-refractivity contribution in [2.24, 2.45) is 10.7 Å². The standard InChI is InChI=1S/C9H20N4/c1-3-12(4-2)7-8-13-6-5-11-9(13)10/h3-8H2,1-2H3,(H2,10,11). The van der Waals surface area contributed by atoms with E-state index in [1.807, 2.05) is 0 Å². The molecule has 0 aromatic heterocycles. The Morgan fingerprint density at radius 2 is 2.15 bits per heavy atom. The van der Waals surface area contributed by atoms with Crippen LogP contribution in [0.2, 0.25) is 0 Å². The molecule has 1 aliphatic rings. The monoisotopic (exact) mass is 184 g/mol. The minimum atomic E-state index is 0.715. The topological polar surface area (TPSA) is 44.9 Å². The van der Waals surface area contributed by atoms with Crippen molar-refractivity contribution in [1.82, 2.24) is 9.80 Å². The normalized spacial score (nSPS) is 16.8. The van der Waals surface area contributed by atoms with Crippen LogP contribution in [0.4, 0.5) is 0 Å². The van der Waals surface area contributed by atoms with Gasteiger partial charge >= 0.3 is 0 Å². The fraction of sp³-hybridized carbons (Fsp3) is 0.889. The van der Waals surface area contributed by atoms with Crippen LogP contribution in [-0.2, 0) is 0 Å². The van der Waals surface area contributed by atoms with Crippen molar-refractivity contribution in [2.45, 2.75) is 13.8 Å². The Bertz CT molecular complexity index is 174. The first-order chi connectivity index (χ1) is 6.27. The molecule has 0 aromatic rings. The summed E-state index contributed by atoms with van der Waals surface area (Å²) in [5, 5.41) is 0. The highest BCUT2D eigenvalue weighted by atomic mass is 15.3. The van der Waals surface area contributed by atoms with Gasteiger partial charge in [0, 0.05) is 19.6 Å². The summed E-state index contributed by atoms with van der Waals surface area (Å²) >= 11 is 0. The lowest BCUT2D eigenvalue weighted by Gasteiger charge is -2.23. The summed E-state index contributed by atoms with van der Waals surface area (Å²) in [6, 6.07) is 0. The Kier molecular flexibility index (Phi) is 4.02. The molecule has 0 saturated heterocycles. The van der Waals surface area contributed by atoms with Crippen molar-refractivity contribution in [3.63, 3.8) is 0 Å². The summed E-state index contributed by atoms with van der Waals surface area (Å²) in [5.74, 6) is 0.715. The van der Waals surface area contributed by atoms with Crippen molar-refractivity contribution in [1.29, 1.82) is 0 Å². The number of aliphatic imine (C=N–C) groups is 1. The van der Waals surface area contributed by atoms with E-state index in [1.165, 1.54) is 0 Å². The number of hydrogen-bond donors (Lipinski definition) is 1. The van der Waals surface area contributed by atoms with Gasteiger partial charge in [-0.15, -0.1) is 0 Å². The molecular weight excluding hydrogens is 164 g/mol. The van der Waals surface area contributed by atoms with E-state index in [4.69, 9.17) is 5.73 Å². The molecule has 1 rings (SSSR count). The maximum Gasteiger partial charge on any atom is 0.191 e. The third-order valence-electron chi connectivity index (χ3n) is 2.55. The summed E-state index contributed by atoms with van der Waals surface area (Å²) in [6.45, 7) is 10.6. The van der Waals surface area contributed by atoms with Gasteiger partial charge in [0.2, 0.25) is 0 Å². The highest BCUT2D eigenvalue weighted by Crippen LogP contribution is 1.97. The lowest BCUT2D eigenvalue weighted by molar-refractivity contribution is 0.273. The van der Waals surface area contributed by atoms with Crippen LogP contribution in [0, 0.1) is 0 Å². The Labute approximate surface area is 80.4 Å². The van der Waals surface area contributed by atoms with E-state index in [0.717, 1.165) is 39.3 Å². The zero-order chi connectivity index (χ0) is 9.68. The molecule has 0 spiro atoms. The molecule has 1 aliphatic heterocycles. The van der Waals surface area contributed by atoms with Crippen LogP contribution in [0.15, 0.2) is 4.99 Å². The molecule has 1 heterocycles. The van der Waals surface area contributed by atoms with Crippen molar-refractivity contribution >= 4 is 5.96 Å². The predicted molar refractivity (Wildman–Crippen MR) is 55.9 cm³/mol. The summed E-state index contributed by atoms with van der Waals surface area (Å²) in [4.78, 5) is 8.69. The fourth-order valence-electron chi connectivity index (χ4n) is 1.53. The Morgan fingerprint density at radius 1 is 1.46 bits per heavy atom. The number of rotatable bonds is 5. The molecule has 0 atom stereocenters. The summed E-state index contributed by atoms with van der Waals surface area (Å²) < 4.78 is 0. The van der Waals surface area contributed by atoms with Gasteiger partial charge in [-0.2, -0.15) is 0 Å². The van der Waals surface area contributed by atoms with Crippen LogP contribution in [0.25, 0.3) is 0 Å². The van der Waals surface area contributed by atoms with Gasteiger partial charge in [-0.3, -0.25) is 4.99 Å². The second kappa shape index (κ2) is 5.07. The Hall–Kier alpha value is -0.770. The van der Waals surface area contributed by atoms with Crippen LogP contribution >= 0.6 is 0 Å². The lowest BCUT2D eigenvalue weighted by atomic mass is 10.4. The SMILES string of the molecule is CCN(CC)CCN1CCN=C1N. The van der Waals surface area contributed by atoms with Gasteiger partial charge in [0.05, 0.1) is 6.54 Å². The number of nitrogens with two attached hydrogens (primary N) is 1. The second-order valence-electron chi connectivity index (χ2n) is 3.25. The maximum absolute atomic E-state index is 5.71. The molecule has 13 heavy (non-hydrogen) atoms. The predicted octanol–water partition coefficient (Wildman–Crippen LogP) is -0.0415. The van der Waals surface area contributed by atoms with E-state index in [2.05, 4.69) is 28.6 Å². The van der Waals surface area contributed by atoms with Crippen LogP contribution in [0.1, 0.15) is 13.8 Å². The van der Waals surface area contributed by atoms with Crippen LogP contribution in [0.5, 0.6) is 0 Å². The largest absolute Gasteiger partial charge is 0.370 e. The van der Waals surface area contributed by atoms with Crippen LogP contribution in [0.3, 0.4) is 0 Å². The number of likely N-dealkylation sites (N-methyl/N-ethyl adjacent to an activating group) is 1. The fourth-order valence-corrected chi connectivity index (χ4v) is 1.53. The van der Waals surface area contributed by atoms with Gasteiger partial charge in [0.1, 0.15) is 0 Å². The molecule has 0 amide bonds. The quantitative estimate of drug-likeness (QED) is 0.652. The number of nitrogens with zero attached hydrogens (tertiary/aromatic N) is 3. The molecule has 4 heteroatoms. The van der Waals surface area contributed by atoms with Gasteiger partial charge in [-0.25, -0.2) is 0 Å². The van der Waals surface area contributed by atoms with Crippen molar-refractivity contribution in [2.75, 3.05) is 39.3 Å². The van der Waals surface area contributed by atoms with Gasteiger partial charge in [0.25, 0.3) is 0 Å². The van der Waals surface area contributed by atoms with Crippen molar-refractivity contribution in [3.8, 4) is 0 Å². The van der Waals surface area contributed by atoms with Gasteiger partial charge < -0.3 is 15.5 Å². The smallest absolute Gasteiger partial charge is 0.191 e. The van der Waals surface area contributed by atoms with Crippen LogP contribution in [-0.4, -0.2) is 55.0 Å². The van der Waals surface area contributed by atoms with Gasteiger partial charge in [-0.05, 0) is 13.1 Å². The highest BCUT2D eigenvalue weighted by Gasteiger charge is 2.13. The zero-order valence-electron chi connectivity index (χ0n) is 8.66.